The van der Waals surface area contributed by atoms with E-state index in [2.05, 4.69) is 27.7 Å². The predicted octanol–water partition coefficient (Wildman–Crippen LogP) is 4.94. The van der Waals surface area contributed by atoms with Crippen molar-refractivity contribution in [1.82, 2.24) is 0 Å². The van der Waals surface area contributed by atoms with E-state index in [1.54, 1.807) is 0 Å². The summed E-state index contributed by atoms with van der Waals surface area (Å²) in [4.78, 5) is 0. The topological polar surface area (TPSA) is 29.5 Å². The first-order valence-corrected chi connectivity index (χ1v) is 9.62. The molecule has 3 aliphatic rings. The molecule has 0 amide bonds. The second-order valence-corrected chi connectivity index (χ2v) is 9.60. The monoisotopic (exact) mass is 308 g/mol. The normalized spacial score (nSPS) is 44.6. The molecule has 5 atom stereocenters. The minimum Gasteiger partial charge on any atom is -0.391 e. The third-order valence-corrected chi connectivity index (χ3v) is 7.26. The molecule has 0 aromatic carbocycles. The number of aliphatic hydroxyl groups is 1. The highest BCUT2D eigenvalue weighted by Gasteiger charge is 2.61. The van der Waals surface area contributed by atoms with Gasteiger partial charge in [-0.1, -0.05) is 40.5 Å². The highest BCUT2D eigenvalue weighted by molar-refractivity contribution is 5.11. The Hall–Kier alpha value is -0.0800. The molecule has 3 rings (SSSR count). The Labute approximate surface area is 137 Å². The van der Waals surface area contributed by atoms with E-state index in [-0.39, 0.29) is 11.7 Å². The lowest BCUT2D eigenvalue weighted by Crippen LogP contribution is -2.57. The number of aliphatic hydroxyl groups excluding tert-OH is 1. The van der Waals surface area contributed by atoms with Crippen molar-refractivity contribution in [1.29, 1.82) is 0 Å². The van der Waals surface area contributed by atoms with E-state index in [0.29, 0.717) is 17.4 Å². The van der Waals surface area contributed by atoms with Gasteiger partial charge in [0.1, 0.15) is 0 Å². The Kier molecular flexibility index (Phi) is 4.40. The Balaban J connectivity index is 1.78. The molecule has 3 saturated carbocycles. The average molecular weight is 309 g/mol. The van der Waals surface area contributed by atoms with E-state index < -0.39 is 0 Å². The summed E-state index contributed by atoms with van der Waals surface area (Å²) in [5, 5.41) is 10.2. The molecule has 3 fully saturated rings. The first-order chi connectivity index (χ1) is 10.3. The van der Waals surface area contributed by atoms with E-state index in [1.807, 2.05) is 0 Å². The molecular weight excluding hydrogens is 272 g/mol. The van der Waals surface area contributed by atoms with Crippen LogP contribution < -0.4 is 0 Å². The molecule has 0 aliphatic heterocycles. The summed E-state index contributed by atoms with van der Waals surface area (Å²) >= 11 is 0. The van der Waals surface area contributed by atoms with Gasteiger partial charge in [0.2, 0.25) is 0 Å². The van der Waals surface area contributed by atoms with Crippen molar-refractivity contribution >= 4 is 0 Å². The fraction of sp³-hybridized carbons (Fsp3) is 1.00. The zero-order valence-electron chi connectivity index (χ0n) is 15.2. The number of hydrogen-bond acceptors (Lipinski definition) is 2. The van der Waals surface area contributed by atoms with Crippen molar-refractivity contribution in [2.75, 3.05) is 6.61 Å². The summed E-state index contributed by atoms with van der Waals surface area (Å²) in [7, 11) is 0. The quantitative estimate of drug-likeness (QED) is 0.779. The van der Waals surface area contributed by atoms with Gasteiger partial charge >= 0.3 is 0 Å². The van der Waals surface area contributed by atoms with E-state index >= 15 is 0 Å². The van der Waals surface area contributed by atoms with Crippen LogP contribution in [-0.2, 0) is 4.74 Å². The summed E-state index contributed by atoms with van der Waals surface area (Å²) in [6.07, 6.45) is 10.8. The van der Waals surface area contributed by atoms with Crippen molar-refractivity contribution in [3.63, 3.8) is 0 Å². The van der Waals surface area contributed by atoms with Gasteiger partial charge < -0.3 is 9.84 Å². The lowest BCUT2D eigenvalue weighted by Gasteiger charge is -2.59. The molecule has 2 bridgehead atoms. The van der Waals surface area contributed by atoms with Crippen LogP contribution in [0.15, 0.2) is 0 Å². The maximum absolute atomic E-state index is 10.2. The molecule has 2 nitrogen and oxygen atoms in total. The van der Waals surface area contributed by atoms with Crippen LogP contribution in [-0.4, -0.2) is 23.4 Å². The van der Waals surface area contributed by atoms with Crippen LogP contribution in [0.3, 0.4) is 0 Å². The molecule has 1 N–H and O–H groups in total. The summed E-state index contributed by atoms with van der Waals surface area (Å²) in [6.45, 7) is 10.1. The molecule has 0 aromatic rings. The molecule has 3 aliphatic carbocycles. The molecule has 0 spiro atoms. The Morgan fingerprint density at radius 2 is 1.91 bits per heavy atom. The van der Waals surface area contributed by atoms with Crippen LogP contribution in [0.4, 0.5) is 0 Å². The van der Waals surface area contributed by atoms with Gasteiger partial charge in [0.15, 0.2) is 0 Å². The number of hydrogen-bond donors (Lipinski definition) is 1. The third-order valence-electron chi connectivity index (χ3n) is 7.26. The molecule has 0 radical (unpaired) electrons. The van der Waals surface area contributed by atoms with Crippen molar-refractivity contribution in [2.45, 2.75) is 97.2 Å². The van der Waals surface area contributed by atoms with Crippen molar-refractivity contribution in [3.05, 3.63) is 0 Å². The number of ether oxygens (including phenoxy) is 1. The molecule has 0 aromatic heterocycles. The maximum Gasteiger partial charge on any atom is 0.0773 e. The van der Waals surface area contributed by atoms with Crippen LogP contribution in [0.25, 0.3) is 0 Å². The Morgan fingerprint density at radius 3 is 2.59 bits per heavy atom. The van der Waals surface area contributed by atoms with Crippen LogP contribution in [0.2, 0.25) is 0 Å². The van der Waals surface area contributed by atoms with E-state index in [9.17, 15) is 5.11 Å². The fourth-order valence-electron chi connectivity index (χ4n) is 6.05. The smallest absolute Gasteiger partial charge is 0.0773 e. The Bertz CT molecular complexity index is 405. The first-order valence-electron chi connectivity index (χ1n) is 9.62. The van der Waals surface area contributed by atoms with Crippen LogP contribution in [0.1, 0.15) is 85.5 Å². The van der Waals surface area contributed by atoms with Gasteiger partial charge in [-0.25, -0.2) is 0 Å². The molecule has 5 unspecified atom stereocenters. The molecule has 128 valence electrons. The zero-order valence-corrected chi connectivity index (χ0v) is 15.2. The van der Waals surface area contributed by atoms with Gasteiger partial charge in [-0.15, -0.1) is 0 Å². The SMILES string of the molecule is CCCC(O)COC12CCCC(C)(CCC3C1CC3(C)C)C2. The molecule has 2 heteroatoms. The standard InChI is InChI=1S/C20H36O2/c1-5-7-15(21)13-22-20-10-6-9-19(4,14-20)11-8-16-17(20)12-18(16,2)3/h15-17,21H,5-14H2,1-4H3. The van der Waals surface area contributed by atoms with E-state index in [4.69, 9.17) is 4.74 Å². The summed E-state index contributed by atoms with van der Waals surface area (Å²) in [6, 6.07) is 0. The minimum atomic E-state index is -0.276. The Morgan fingerprint density at radius 1 is 1.14 bits per heavy atom. The van der Waals surface area contributed by atoms with Gasteiger partial charge in [-0.2, -0.15) is 0 Å². The van der Waals surface area contributed by atoms with Crippen LogP contribution in [0.5, 0.6) is 0 Å². The maximum atomic E-state index is 10.2. The summed E-state index contributed by atoms with van der Waals surface area (Å²) in [5.74, 6) is 1.56. The van der Waals surface area contributed by atoms with E-state index in [0.717, 1.165) is 24.7 Å². The fourth-order valence-corrected chi connectivity index (χ4v) is 6.05. The molecular formula is C20H36O2. The summed E-state index contributed by atoms with van der Waals surface area (Å²) < 4.78 is 6.58. The highest BCUT2D eigenvalue weighted by atomic mass is 16.5. The predicted molar refractivity (Wildman–Crippen MR) is 90.8 cm³/mol. The van der Waals surface area contributed by atoms with Gasteiger partial charge in [-0.05, 0) is 67.6 Å². The molecule has 0 saturated heterocycles. The van der Waals surface area contributed by atoms with Gasteiger partial charge in [0, 0.05) is 0 Å². The van der Waals surface area contributed by atoms with Crippen molar-refractivity contribution in [3.8, 4) is 0 Å². The third kappa shape index (κ3) is 2.86. The van der Waals surface area contributed by atoms with Crippen LogP contribution >= 0.6 is 0 Å². The highest BCUT2D eigenvalue weighted by Crippen LogP contribution is 2.65. The second-order valence-electron chi connectivity index (χ2n) is 9.60. The molecule has 0 heterocycles. The van der Waals surface area contributed by atoms with Gasteiger partial charge in [-0.3, -0.25) is 0 Å². The molecule has 22 heavy (non-hydrogen) atoms. The van der Waals surface area contributed by atoms with Crippen LogP contribution in [0, 0.1) is 22.7 Å². The average Bonchev–Trinajstić information content (AvgIpc) is 2.49. The van der Waals surface area contributed by atoms with Crippen molar-refractivity contribution in [2.24, 2.45) is 22.7 Å². The summed E-state index contributed by atoms with van der Waals surface area (Å²) in [5.41, 5.74) is 1.04. The largest absolute Gasteiger partial charge is 0.391 e. The lowest BCUT2D eigenvalue weighted by atomic mass is 9.49. The second kappa shape index (κ2) is 5.77. The zero-order chi connectivity index (χ0) is 16.0. The lowest BCUT2D eigenvalue weighted by molar-refractivity contribution is -0.202. The van der Waals surface area contributed by atoms with E-state index in [1.165, 1.54) is 44.9 Å². The van der Waals surface area contributed by atoms with Gasteiger partial charge in [0.25, 0.3) is 0 Å². The minimum absolute atomic E-state index is 0.0679. The first kappa shape index (κ1) is 16.8. The van der Waals surface area contributed by atoms with Crippen molar-refractivity contribution < 1.29 is 9.84 Å². The van der Waals surface area contributed by atoms with Gasteiger partial charge in [0.05, 0.1) is 18.3 Å². The number of fused-ring (bicyclic) bond motifs is 4. The number of rotatable bonds is 5.